The third-order valence-corrected chi connectivity index (χ3v) is 3.81. The minimum atomic E-state index is -0.218. The van der Waals surface area contributed by atoms with Crippen LogP contribution in [-0.2, 0) is 6.54 Å². The van der Waals surface area contributed by atoms with Crippen LogP contribution in [0.1, 0.15) is 24.2 Å². The van der Waals surface area contributed by atoms with Gasteiger partial charge in [0, 0.05) is 18.8 Å². The number of hydrogen-bond donors (Lipinski definition) is 1. The van der Waals surface area contributed by atoms with Gasteiger partial charge in [0.1, 0.15) is 10.4 Å². The van der Waals surface area contributed by atoms with Gasteiger partial charge in [0.05, 0.1) is 18.1 Å². The number of rotatable bonds is 4. The average molecular weight is 349 g/mol. The lowest BCUT2D eigenvalue weighted by Crippen LogP contribution is -2.19. The topological polar surface area (TPSA) is 42.2 Å². The molecule has 2 aromatic heterocycles. The molecule has 0 fully saturated rings. The second-order valence-electron chi connectivity index (χ2n) is 4.84. The Labute approximate surface area is 130 Å². The Morgan fingerprint density at radius 2 is 2.00 bits per heavy atom. The number of hydrogen-bond acceptors (Lipinski definition) is 3. The molecule has 1 atom stereocenters. The molecule has 1 aromatic carbocycles. The van der Waals surface area contributed by atoms with Gasteiger partial charge in [0.15, 0.2) is 5.65 Å². The van der Waals surface area contributed by atoms with E-state index in [1.165, 1.54) is 12.1 Å². The predicted molar refractivity (Wildman–Crippen MR) is 82.3 cm³/mol. The molecule has 0 bridgehead atoms. The second kappa shape index (κ2) is 5.91. The molecule has 4 nitrogen and oxygen atoms in total. The van der Waals surface area contributed by atoms with Gasteiger partial charge in [-0.05, 0) is 40.5 Å². The lowest BCUT2D eigenvalue weighted by molar-refractivity contribution is 0.563. The molecule has 3 aromatic rings. The summed E-state index contributed by atoms with van der Waals surface area (Å²) in [6.07, 6.45) is 5.44. The maximum atomic E-state index is 12.9. The Hall–Kier alpha value is -1.79. The summed E-state index contributed by atoms with van der Waals surface area (Å²) in [4.78, 5) is 8.46. The molecule has 6 heteroatoms. The summed E-state index contributed by atoms with van der Waals surface area (Å²) >= 11 is 3.36. The Bertz CT molecular complexity index is 754. The van der Waals surface area contributed by atoms with Gasteiger partial charge in [0.25, 0.3) is 0 Å². The van der Waals surface area contributed by atoms with E-state index in [2.05, 4.69) is 31.2 Å². The van der Waals surface area contributed by atoms with Crippen LogP contribution in [0.2, 0.25) is 0 Å². The van der Waals surface area contributed by atoms with Gasteiger partial charge < -0.3 is 5.32 Å². The largest absolute Gasteiger partial charge is 0.305 e. The number of halogens is 2. The molecule has 0 aliphatic carbocycles. The molecule has 0 unspecified atom stereocenters. The summed E-state index contributed by atoms with van der Waals surface area (Å²) in [5.41, 5.74) is 2.90. The van der Waals surface area contributed by atoms with Crippen molar-refractivity contribution in [3.05, 3.63) is 64.5 Å². The zero-order chi connectivity index (χ0) is 14.8. The SMILES string of the molecule is C[C@H](NCc1cnc2cnc(Br)cn12)c1ccc(F)cc1. The molecule has 21 heavy (non-hydrogen) atoms. The quantitative estimate of drug-likeness (QED) is 0.784. The first kappa shape index (κ1) is 14.2. The fourth-order valence-electron chi connectivity index (χ4n) is 2.17. The minimum Gasteiger partial charge on any atom is -0.305 e. The van der Waals surface area contributed by atoms with Gasteiger partial charge in [0.2, 0.25) is 0 Å². The Morgan fingerprint density at radius 3 is 2.76 bits per heavy atom. The van der Waals surface area contributed by atoms with Crippen molar-refractivity contribution in [2.75, 3.05) is 0 Å². The van der Waals surface area contributed by atoms with Crippen molar-refractivity contribution in [2.45, 2.75) is 19.5 Å². The van der Waals surface area contributed by atoms with Crippen LogP contribution in [0.15, 0.2) is 47.5 Å². The Morgan fingerprint density at radius 1 is 1.24 bits per heavy atom. The maximum absolute atomic E-state index is 12.9. The molecular weight excluding hydrogens is 335 g/mol. The summed E-state index contributed by atoms with van der Waals surface area (Å²) in [6, 6.07) is 6.67. The fourth-order valence-corrected chi connectivity index (χ4v) is 2.48. The molecule has 0 radical (unpaired) electrons. The summed E-state index contributed by atoms with van der Waals surface area (Å²) < 4.78 is 15.7. The highest BCUT2D eigenvalue weighted by Gasteiger charge is 2.08. The first-order valence-electron chi connectivity index (χ1n) is 6.60. The van der Waals surface area contributed by atoms with Crippen molar-refractivity contribution >= 4 is 21.6 Å². The van der Waals surface area contributed by atoms with E-state index in [9.17, 15) is 4.39 Å². The molecule has 0 saturated carbocycles. The molecule has 0 aliphatic rings. The van der Waals surface area contributed by atoms with Gasteiger partial charge in [-0.15, -0.1) is 0 Å². The van der Waals surface area contributed by atoms with E-state index in [1.54, 1.807) is 18.3 Å². The van der Waals surface area contributed by atoms with Crippen molar-refractivity contribution in [3.8, 4) is 0 Å². The van der Waals surface area contributed by atoms with Gasteiger partial charge >= 0.3 is 0 Å². The number of benzene rings is 1. The van der Waals surface area contributed by atoms with Crippen LogP contribution in [0.5, 0.6) is 0 Å². The zero-order valence-electron chi connectivity index (χ0n) is 11.4. The number of nitrogens with one attached hydrogen (secondary N) is 1. The zero-order valence-corrected chi connectivity index (χ0v) is 13.0. The highest BCUT2D eigenvalue weighted by molar-refractivity contribution is 9.10. The van der Waals surface area contributed by atoms with Crippen molar-refractivity contribution in [1.82, 2.24) is 19.7 Å². The maximum Gasteiger partial charge on any atom is 0.155 e. The van der Waals surface area contributed by atoms with E-state index in [1.807, 2.05) is 23.7 Å². The van der Waals surface area contributed by atoms with E-state index in [0.29, 0.717) is 6.54 Å². The summed E-state index contributed by atoms with van der Waals surface area (Å²) in [6.45, 7) is 2.71. The van der Waals surface area contributed by atoms with Gasteiger partial charge in [-0.1, -0.05) is 12.1 Å². The molecule has 108 valence electrons. The van der Waals surface area contributed by atoms with E-state index in [4.69, 9.17) is 0 Å². The lowest BCUT2D eigenvalue weighted by atomic mass is 10.1. The second-order valence-corrected chi connectivity index (χ2v) is 5.65. The standard InChI is InChI=1S/C15H14BrFN4/c1-10(11-2-4-12(17)5-3-11)18-6-13-7-20-15-8-19-14(16)9-21(13)15/h2-5,7-10,18H,6H2,1H3/t10-/m0/s1. The summed E-state index contributed by atoms with van der Waals surface area (Å²) in [7, 11) is 0. The Balaban J connectivity index is 1.74. The molecule has 2 heterocycles. The van der Waals surface area contributed by atoms with Crippen molar-refractivity contribution in [3.63, 3.8) is 0 Å². The molecule has 0 spiro atoms. The van der Waals surface area contributed by atoms with Crippen LogP contribution in [-0.4, -0.2) is 14.4 Å². The normalized spacial score (nSPS) is 12.7. The highest BCUT2D eigenvalue weighted by Crippen LogP contribution is 2.15. The van der Waals surface area contributed by atoms with Gasteiger partial charge in [-0.25, -0.2) is 14.4 Å². The van der Waals surface area contributed by atoms with Gasteiger partial charge in [-0.2, -0.15) is 0 Å². The van der Waals surface area contributed by atoms with Crippen molar-refractivity contribution in [1.29, 1.82) is 0 Å². The molecule has 0 saturated heterocycles. The van der Waals surface area contributed by atoms with Crippen LogP contribution in [0.4, 0.5) is 4.39 Å². The average Bonchev–Trinajstić information content (AvgIpc) is 2.88. The van der Waals surface area contributed by atoms with Crippen molar-refractivity contribution in [2.24, 2.45) is 0 Å². The van der Waals surface area contributed by atoms with E-state index >= 15 is 0 Å². The summed E-state index contributed by atoms with van der Waals surface area (Å²) in [5.74, 6) is -0.218. The molecule has 3 rings (SSSR count). The van der Waals surface area contributed by atoms with Crippen LogP contribution in [0, 0.1) is 5.82 Å². The fraction of sp³-hybridized carbons (Fsp3) is 0.200. The number of aromatic nitrogens is 3. The monoisotopic (exact) mass is 348 g/mol. The lowest BCUT2D eigenvalue weighted by Gasteiger charge is -2.14. The highest BCUT2D eigenvalue weighted by atomic mass is 79.9. The molecular formula is C15H14BrFN4. The number of fused-ring (bicyclic) bond motifs is 1. The minimum absolute atomic E-state index is 0.126. The smallest absolute Gasteiger partial charge is 0.155 e. The molecule has 1 N–H and O–H groups in total. The van der Waals surface area contributed by atoms with E-state index < -0.39 is 0 Å². The first-order valence-corrected chi connectivity index (χ1v) is 7.39. The predicted octanol–water partition coefficient (Wildman–Crippen LogP) is 3.48. The van der Waals surface area contributed by atoms with E-state index in [0.717, 1.165) is 21.5 Å². The van der Waals surface area contributed by atoms with Crippen LogP contribution >= 0.6 is 15.9 Å². The van der Waals surface area contributed by atoms with Crippen LogP contribution in [0.25, 0.3) is 5.65 Å². The summed E-state index contributed by atoms with van der Waals surface area (Å²) in [5, 5.41) is 3.41. The number of nitrogens with zero attached hydrogens (tertiary/aromatic N) is 3. The Kier molecular flexibility index (Phi) is 3.98. The third kappa shape index (κ3) is 3.11. The number of imidazole rings is 1. The first-order chi connectivity index (χ1) is 10.1. The molecule has 0 aliphatic heterocycles. The van der Waals surface area contributed by atoms with Crippen molar-refractivity contribution < 1.29 is 4.39 Å². The van der Waals surface area contributed by atoms with Gasteiger partial charge in [-0.3, -0.25) is 4.40 Å². The van der Waals surface area contributed by atoms with Crippen LogP contribution < -0.4 is 5.32 Å². The van der Waals surface area contributed by atoms with E-state index in [-0.39, 0.29) is 11.9 Å². The van der Waals surface area contributed by atoms with Crippen LogP contribution in [0.3, 0.4) is 0 Å². The molecule has 0 amide bonds. The third-order valence-electron chi connectivity index (χ3n) is 3.40.